The summed E-state index contributed by atoms with van der Waals surface area (Å²) >= 11 is 3.19. The van der Waals surface area contributed by atoms with Crippen LogP contribution in [-0.4, -0.2) is 35.7 Å². The number of halogens is 2. The lowest BCUT2D eigenvalue weighted by Crippen LogP contribution is -2.62. The van der Waals surface area contributed by atoms with Crippen molar-refractivity contribution >= 4 is 15.9 Å². The van der Waals surface area contributed by atoms with Crippen molar-refractivity contribution in [3.05, 3.63) is 69.9 Å². The average Bonchev–Trinajstić information content (AvgIpc) is 2.65. The Hall–Kier alpha value is -1.27. The first-order valence-electron chi connectivity index (χ1n) is 9.27. The number of rotatable bonds is 5. The smallest absolute Gasteiger partial charge is 0.137 e. The Bertz CT molecular complexity index is 785. The van der Waals surface area contributed by atoms with Gasteiger partial charge in [-0.3, -0.25) is 0 Å². The van der Waals surface area contributed by atoms with Crippen LogP contribution < -0.4 is 0 Å². The molecule has 0 heterocycles. The Kier molecular flexibility index (Phi) is 6.06. The molecule has 27 heavy (non-hydrogen) atoms. The van der Waals surface area contributed by atoms with Crippen LogP contribution in [0.3, 0.4) is 0 Å². The van der Waals surface area contributed by atoms with Crippen molar-refractivity contribution in [2.75, 3.05) is 14.1 Å². The minimum absolute atomic E-state index is 0.0400. The monoisotopic (exact) mass is 435 g/mol. The molecule has 3 nitrogen and oxygen atoms in total. The Morgan fingerprint density at radius 1 is 1.22 bits per heavy atom. The molecule has 1 aliphatic rings. The van der Waals surface area contributed by atoms with Crippen molar-refractivity contribution in [2.24, 2.45) is 0 Å². The van der Waals surface area contributed by atoms with Crippen molar-refractivity contribution in [1.29, 1.82) is 0 Å². The Morgan fingerprint density at radius 2 is 1.93 bits per heavy atom. The SMILES string of the molecule is CN(C)C1(C)CC(OCc2ccccc2)CCC1(O)c1ccc(Br)c(F)c1. The third-order valence-corrected chi connectivity index (χ3v) is 6.70. The van der Waals surface area contributed by atoms with E-state index in [1.54, 1.807) is 12.1 Å². The highest BCUT2D eigenvalue weighted by Gasteiger charge is 2.53. The summed E-state index contributed by atoms with van der Waals surface area (Å²) in [5, 5.41) is 11.7. The minimum atomic E-state index is -1.15. The molecule has 1 fully saturated rings. The third kappa shape index (κ3) is 3.97. The van der Waals surface area contributed by atoms with E-state index in [0.29, 0.717) is 29.5 Å². The zero-order valence-corrected chi connectivity index (χ0v) is 17.7. The van der Waals surface area contributed by atoms with Gasteiger partial charge in [-0.25, -0.2) is 4.39 Å². The number of hydrogen-bond donors (Lipinski definition) is 1. The van der Waals surface area contributed by atoms with Crippen LogP contribution in [0.2, 0.25) is 0 Å². The molecule has 0 bridgehead atoms. The van der Waals surface area contributed by atoms with E-state index in [0.717, 1.165) is 12.0 Å². The van der Waals surface area contributed by atoms with E-state index in [-0.39, 0.29) is 11.9 Å². The van der Waals surface area contributed by atoms with Gasteiger partial charge in [0.15, 0.2) is 0 Å². The molecular formula is C22H27BrFNO2. The molecule has 2 aromatic rings. The zero-order chi connectivity index (χ0) is 19.7. The molecule has 3 atom stereocenters. The standard InChI is InChI=1S/C22H27BrFNO2/c1-21(25(2)3)14-18(27-15-16-7-5-4-6-8-16)11-12-22(21,26)17-9-10-19(23)20(24)13-17/h4-10,13,18,26H,11-12,14-15H2,1-3H3. The van der Waals surface area contributed by atoms with Gasteiger partial charge in [0, 0.05) is 0 Å². The number of benzene rings is 2. The lowest BCUT2D eigenvalue weighted by Gasteiger charge is -2.54. The molecule has 3 rings (SSSR count). The fourth-order valence-corrected chi connectivity index (χ4v) is 4.29. The van der Waals surface area contributed by atoms with Crippen LogP contribution in [0.25, 0.3) is 0 Å². The number of aliphatic hydroxyl groups is 1. The van der Waals surface area contributed by atoms with Gasteiger partial charge in [-0.05, 0) is 79.5 Å². The minimum Gasteiger partial charge on any atom is -0.383 e. The Morgan fingerprint density at radius 3 is 2.56 bits per heavy atom. The predicted octanol–water partition coefficient (Wildman–Crippen LogP) is 4.87. The van der Waals surface area contributed by atoms with E-state index in [1.807, 2.05) is 44.1 Å². The molecular weight excluding hydrogens is 409 g/mol. The molecule has 1 aliphatic carbocycles. The second-order valence-electron chi connectivity index (χ2n) is 7.82. The molecule has 5 heteroatoms. The molecule has 1 N–H and O–H groups in total. The van der Waals surface area contributed by atoms with Crippen LogP contribution in [-0.2, 0) is 16.9 Å². The second kappa shape index (κ2) is 8.00. The molecule has 146 valence electrons. The molecule has 2 aromatic carbocycles. The van der Waals surface area contributed by atoms with Gasteiger partial charge >= 0.3 is 0 Å². The number of likely N-dealkylation sites (N-methyl/N-ethyl adjacent to an activating group) is 1. The average molecular weight is 436 g/mol. The van der Waals surface area contributed by atoms with E-state index < -0.39 is 11.1 Å². The molecule has 0 radical (unpaired) electrons. The highest BCUT2D eigenvalue weighted by atomic mass is 79.9. The summed E-state index contributed by atoms with van der Waals surface area (Å²) in [5.74, 6) is -0.357. The summed E-state index contributed by atoms with van der Waals surface area (Å²) < 4.78 is 20.7. The first-order chi connectivity index (χ1) is 12.8. The van der Waals surface area contributed by atoms with E-state index in [4.69, 9.17) is 4.74 Å². The molecule has 0 aliphatic heterocycles. The van der Waals surface area contributed by atoms with Crippen molar-refractivity contribution in [1.82, 2.24) is 4.90 Å². The number of nitrogens with zero attached hydrogens (tertiary/aromatic N) is 1. The maximum Gasteiger partial charge on any atom is 0.137 e. The van der Waals surface area contributed by atoms with Crippen LogP contribution in [0.4, 0.5) is 4.39 Å². The van der Waals surface area contributed by atoms with Gasteiger partial charge < -0.3 is 14.7 Å². The van der Waals surface area contributed by atoms with Crippen molar-refractivity contribution in [2.45, 2.75) is 50.0 Å². The van der Waals surface area contributed by atoms with Gasteiger partial charge in [-0.15, -0.1) is 0 Å². The Labute approximate surface area is 169 Å². The second-order valence-corrected chi connectivity index (χ2v) is 8.67. The topological polar surface area (TPSA) is 32.7 Å². The highest BCUT2D eigenvalue weighted by molar-refractivity contribution is 9.10. The van der Waals surface area contributed by atoms with Crippen molar-refractivity contribution in [3.8, 4) is 0 Å². The van der Waals surface area contributed by atoms with Crippen molar-refractivity contribution < 1.29 is 14.2 Å². The van der Waals surface area contributed by atoms with Gasteiger partial charge in [-0.2, -0.15) is 0 Å². The number of hydrogen-bond acceptors (Lipinski definition) is 3. The summed E-state index contributed by atoms with van der Waals surface area (Å²) in [7, 11) is 3.92. The lowest BCUT2D eigenvalue weighted by atomic mass is 9.65. The fraction of sp³-hybridized carbons (Fsp3) is 0.455. The maximum absolute atomic E-state index is 14.1. The van der Waals surface area contributed by atoms with Crippen LogP contribution in [0, 0.1) is 5.82 Å². The summed E-state index contributed by atoms with van der Waals surface area (Å²) in [5.41, 5.74) is 0.0260. The summed E-state index contributed by atoms with van der Waals surface area (Å²) in [4.78, 5) is 2.03. The molecule has 3 unspecified atom stereocenters. The summed E-state index contributed by atoms with van der Waals surface area (Å²) in [6, 6.07) is 15.0. The summed E-state index contributed by atoms with van der Waals surface area (Å²) in [6.07, 6.45) is 1.95. The van der Waals surface area contributed by atoms with Crippen LogP contribution in [0.1, 0.15) is 37.3 Å². The van der Waals surface area contributed by atoms with Gasteiger partial charge in [0.25, 0.3) is 0 Å². The number of ether oxygens (including phenoxy) is 1. The molecule has 0 amide bonds. The molecule has 1 saturated carbocycles. The third-order valence-electron chi connectivity index (χ3n) is 6.06. The maximum atomic E-state index is 14.1. The van der Waals surface area contributed by atoms with Crippen LogP contribution in [0.5, 0.6) is 0 Å². The molecule has 0 saturated heterocycles. The summed E-state index contributed by atoms with van der Waals surface area (Å²) in [6.45, 7) is 2.59. The van der Waals surface area contributed by atoms with Gasteiger partial charge in [0.1, 0.15) is 11.4 Å². The van der Waals surface area contributed by atoms with E-state index in [1.165, 1.54) is 6.07 Å². The van der Waals surface area contributed by atoms with Gasteiger partial charge in [0.05, 0.1) is 22.7 Å². The first kappa shape index (κ1) is 20.5. The molecule has 0 aromatic heterocycles. The highest BCUT2D eigenvalue weighted by Crippen LogP contribution is 2.48. The van der Waals surface area contributed by atoms with Crippen molar-refractivity contribution in [3.63, 3.8) is 0 Å². The van der Waals surface area contributed by atoms with E-state index in [2.05, 4.69) is 28.1 Å². The fourth-order valence-electron chi connectivity index (χ4n) is 4.05. The van der Waals surface area contributed by atoms with Crippen LogP contribution >= 0.6 is 15.9 Å². The lowest BCUT2D eigenvalue weighted by molar-refractivity contribution is -0.159. The molecule has 0 spiro atoms. The largest absolute Gasteiger partial charge is 0.383 e. The first-order valence-corrected chi connectivity index (χ1v) is 10.1. The van der Waals surface area contributed by atoms with Crippen LogP contribution in [0.15, 0.2) is 53.0 Å². The van der Waals surface area contributed by atoms with Gasteiger partial charge in [0.2, 0.25) is 0 Å². The predicted molar refractivity (Wildman–Crippen MR) is 109 cm³/mol. The van der Waals surface area contributed by atoms with E-state index >= 15 is 0 Å². The quantitative estimate of drug-likeness (QED) is 0.727. The zero-order valence-electron chi connectivity index (χ0n) is 16.1. The van der Waals surface area contributed by atoms with Gasteiger partial charge in [-0.1, -0.05) is 36.4 Å². The normalized spacial score (nSPS) is 28.5. The Balaban J connectivity index is 1.82. The van der Waals surface area contributed by atoms with E-state index in [9.17, 15) is 9.50 Å².